The molecule has 0 saturated heterocycles. The van der Waals surface area contributed by atoms with Crippen molar-refractivity contribution in [2.45, 2.75) is 0 Å². The zero-order valence-corrected chi connectivity index (χ0v) is 12.0. The van der Waals surface area contributed by atoms with E-state index in [-0.39, 0.29) is 5.82 Å². The lowest BCUT2D eigenvalue weighted by Gasteiger charge is -2.05. The fraction of sp³-hybridized carbons (Fsp3) is 0. The Bertz CT molecular complexity index is 956. The van der Waals surface area contributed by atoms with E-state index in [4.69, 9.17) is 11.6 Å². The van der Waals surface area contributed by atoms with Crippen LogP contribution in [0.4, 0.5) is 4.39 Å². The first kappa shape index (κ1) is 13.0. The van der Waals surface area contributed by atoms with E-state index in [9.17, 15) is 4.39 Å². The molecule has 4 aromatic rings. The van der Waals surface area contributed by atoms with E-state index in [1.807, 2.05) is 18.3 Å². The van der Waals surface area contributed by atoms with Crippen LogP contribution in [0.25, 0.3) is 28.0 Å². The second-order valence-corrected chi connectivity index (χ2v) is 5.28. The topological polar surface area (TPSA) is 46.0 Å². The van der Waals surface area contributed by atoms with Gasteiger partial charge in [0.05, 0.1) is 18.1 Å². The van der Waals surface area contributed by atoms with Gasteiger partial charge in [0.2, 0.25) is 0 Å². The number of halogens is 2. The maximum Gasteiger partial charge on any atom is 0.137 e. The van der Waals surface area contributed by atoms with Crippen LogP contribution in [0.1, 0.15) is 0 Å². The highest BCUT2D eigenvalue weighted by molar-refractivity contribution is 6.29. The van der Waals surface area contributed by atoms with Crippen LogP contribution in [0, 0.1) is 5.82 Å². The van der Waals surface area contributed by atoms with Gasteiger partial charge in [0.25, 0.3) is 0 Å². The molecule has 0 radical (unpaired) electrons. The van der Waals surface area contributed by atoms with Crippen LogP contribution in [0.2, 0.25) is 5.15 Å². The first-order valence-electron chi connectivity index (χ1n) is 6.65. The Morgan fingerprint density at radius 1 is 1.00 bits per heavy atom. The third-order valence-corrected chi connectivity index (χ3v) is 3.82. The third-order valence-electron chi connectivity index (χ3n) is 3.54. The maximum absolute atomic E-state index is 13.1. The van der Waals surface area contributed by atoms with Crippen LogP contribution in [0.3, 0.4) is 0 Å². The predicted molar refractivity (Wildman–Crippen MR) is 83.2 cm³/mol. The normalized spacial score (nSPS) is 11.2. The van der Waals surface area contributed by atoms with E-state index in [2.05, 4.69) is 15.2 Å². The fourth-order valence-electron chi connectivity index (χ4n) is 2.45. The summed E-state index contributed by atoms with van der Waals surface area (Å²) in [6.45, 7) is 0. The Labute approximate surface area is 130 Å². The summed E-state index contributed by atoms with van der Waals surface area (Å²) in [5.41, 5.74) is 4.33. The number of benzene rings is 1. The summed E-state index contributed by atoms with van der Waals surface area (Å²) in [5.74, 6) is -0.264. The maximum atomic E-state index is 13.1. The zero-order valence-electron chi connectivity index (χ0n) is 11.3. The molecule has 3 aromatic heterocycles. The summed E-state index contributed by atoms with van der Waals surface area (Å²) in [7, 11) is 0. The number of H-pyrrole nitrogens is 1. The summed E-state index contributed by atoms with van der Waals surface area (Å²) in [6.07, 6.45) is 5.22. The molecule has 0 aliphatic rings. The van der Waals surface area contributed by atoms with Crippen molar-refractivity contribution in [2.75, 3.05) is 0 Å². The molecule has 108 valence electrons. The minimum atomic E-state index is -0.264. The number of pyridine rings is 1. The van der Waals surface area contributed by atoms with Gasteiger partial charge in [0, 0.05) is 17.3 Å². The van der Waals surface area contributed by atoms with Crippen molar-refractivity contribution in [1.82, 2.24) is 19.6 Å². The van der Waals surface area contributed by atoms with Crippen molar-refractivity contribution in [3.05, 3.63) is 66.0 Å². The van der Waals surface area contributed by atoms with Crippen molar-refractivity contribution in [2.24, 2.45) is 0 Å². The van der Waals surface area contributed by atoms with Crippen LogP contribution in [-0.2, 0) is 0 Å². The second kappa shape index (κ2) is 4.96. The van der Waals surface area contributed by atoms with E-state index >= 15 is 0 Å². The number of nitrogens with zero attached hydrogens (tertiary/aromatic N) is 3. The summed E-state index contributed by atoms with van der Waals surface area (Å²) < 4.78 is 14.9. The molecule has 0 atom stereocenters. The van der Waals surface area contributed by atoms with Crippen LogP contribution in [0.15, 0.2) is 55.0 Å². The highest BCUT2D eigenvalue weighted by Crippen LogP contribution is 2.30. The Balaban J connectivity index is 1.87. The molecule has 0 fully saturated rings. The molecule has 0 unspecified atom stereocenters. The van der Waals surface area contributed by atoms with Gasteiger partial charge < -0.3 is 0 Å². The smallest absolute Gasteiger partial charge is 0.137 e. The Morgan fingerprint density at radius 3 is 2.59 bits per heavy atom. The summed E-state index contributed by atoms with van der Waals surface area (Å²) in [4.78, 5) is 4.19. The highest BCUT2D eigenvalue weighted by Gasteiger charge is 2.11. The molecule has 0 spiro atoms. The van der Waals surface area contributed by atoms with Crippen LogP contribution in [0.5, 0.6) is 0 Å². The lowest BCUT2D eigenvalue weighted by molar-refractivity contribution is 0.628. The van der Waals surface area contributed by atoms with Gasteiger partial charge in [-0.15, -0.1) is 0 Å². The van der Waals surface area contributed by atoms with Gasteiger partial charge in [-0.2, -0.15) is 5.10 Å². The number of imidazole rings is 1. The molecule has 0 saturated carbocycles. The van der Waals surface area contributed by atoms with E-state index in [1.165, 1.54) is 12.1 Å². The van der Waals surface area contributed by atoms with E-state index in [0.717, 1.165) is 28.0 Å². The van der Waals surface area contributed by atoms with Crippen molar-refractivity contribution >= 4 is 17.2 Å². The molecule has 0 aliphatic carbocycles. The van der Waals surface area contributed by atoms with Gasteiger partial charge in [-0.25, -0.2) is 9.37 Å². The van der Waals surface area contributed by atoms with Crippen molar-refractivity contribution < 1.29 is 4.39 Å². The van der Waals surface area contributed by atoms with Crippen LogP contribution in [-0.4, -0.2) is 19.6 Å². The number of hydrogen-bond donors (Lipinski definition) is 1. The van der Waals surface area contributed by atoms with Crippen LogP contribution < -0.4 is 0 Å². The molecule has 1 N–H and O–H groups in total. The lowest BCUT2D eigenvalue weighted by Crippen LogP contribution is -1.89. The number of aromatic amines is 1. The Hall–Kier alpha value is -2.66. The molecular formula is C16H10ClFN4. The molecule has 3 heterocycles. The van der Waals surface area contributed by atoms with Crippen molar-refractivity contribution in [3.63, 3.8) is 0 Å². The van der Waals surface area contributed by atoms with Crippen molar-refractivity contribution in [3.8, 4) is 22.4 Å². The Kier molecular flexibility index (Phi) is 2.94. The largest absolute Gasteiger partial charge is 0.290 e. The molecule has 0 bridgehead atoms. The average molecular weight is 313 g/mol. The minimum Gasteiger partial charge on any atom is -0.290 e. The summed E-state index contributed by atoms with van der Waals surface area (Å²) in [6, 6.07) is 10.2. The molecular weight excluding hydrogens is 303 g/mol. The third kappa shape index (κ3) is 2.07. The highest BCUT2D eigenvalue weighted by atomic mass is 35.5. The average Bonchev–Trinajstić information content (AvgIpc) is 3.15. The lowest BCUT2D eigenvalue weighted by atomic mass is 10.0. The number of fused-ring (bicyclic) bond motifs is 1. The van der Waals surface area contributed by atoms with Gasteiger partial charge in [-0.05, 0) is 29.8 Å². The van der Waals surface area contributed by atoms with Gasteiger partial charge in [0.15, 0.2) is 0 Å². The molecule has 0 aliphatic heterocycles. The Morgan fingerprint density at radius 2 is 1.77 bits per heavy atom. The number of hydrogen-bond acceptors (Lipinski definition) is 2. The number of nitrogens with one attached hydrogen (secondary N) is 1. The standard InChI is InChI=1S/C16H10ClFN4/c17-14-8-19-15-6-3-11(9-22(14)15)16-13(7-20-21-16)10-1-4-12(18)5-2-10/h1-9H,(H,20,21). The molecule has 22 heavy (non-hydrogen) atoms. The van der Waals surface area contributed by atoms with Crippen LogP contribution >= 0.6 is 11.6 Å². The minimum absolute atomic E-state index is 0.264. The summed E-state index contributed by atoms with van der Waals surface area (Å²) >= 11 is 6.11. The first-order chi connectivity index (χ1) is 10.7. The van der Waals surface area contributed by atoms with Gasteiger partial charge in [-0.1, -0.05) is 23.7 Å². The first-order valence-corrected chi connectivity index (χ1v) is 7.02. The van der Waals surface area contributed by atoms with E-state index in [1.54, 1.807) is 28.9 Å². The molecule has 4 nitrogen and oxygen atoms in total. The molecule has 0 amide bonds. The zero-order chi connectivity index (χ0) is 15.1. The fourth-order valence-corrected chi connectivity index (χ4v) is 2.64. The molecule has 1 aromatic carbocycles. The quantitative estimate of drug-likeness (QED) is 0.603. The SMILES string of the molecule is Fc1ccc(-c2cn[nH]c2-c2ccc3ncc(Cl)n3c2)cc1. The molecule has 4 rings (SSSR count). The van der Waals surface area contributed by atoms with E-state index < -0.39 is 0 Å². The number of aromatic nitrogens is 4. The molecule has 6 heteroatoms. The predicted octanol–water partition coefficient (Wildman–Crippen LogP) is 4.18. The van der Waals surface area contributed by atoms with Gasteiger partial charge in [0.1, 0.15) is 16.6 Å². The van der Waals surface area contributed by atoms with Gasteiger partial charge in [-0.3, -0.25) is 9.50 Å². The van der Waals surface area contributed by atoms with Gasteiger partial charge >= 0.3 is 0 Å². The number of rotatable bonds is 2. The van der Waals surface area contributed by atoms with E-state index in [0.29, 0.717) is 5.15 Å². The second-order valence-electron chi connectivity index (χ2n) is 4.89. The van der Waals surface area contributed by atoms with Crippen molar-refractivity contribution in [1.29, 1.82) is 0 Å². The summed E-state index contributed by atoms with van der Waals surface area (Å²) in [5, 5.41) is 7.64. The monoisotopic (exact) mass is 312 g/mol.